The molecule has 5 nitrogen and oxygen atoms in total. The molecule has 0 fully saturated rings. The van der Waals surface area contributed by atoms with Crippen LogP contribution >= 0.6 is 11.3 Å². The Morgan fingerprint density at radius 2 is 2.22 bits per heavy atom. The summed E-state index contributed by atoms with van der Waals surface area (Å²) in [6.45, 7) is 3.69. The molecule has 0 aromatic carbocycles. The van der Waals surface area contributed by atoms with Crippen LogP contribution in [-0.4, -0.2) is 39.5 Å². The van der Waals surface area contributed by atoms with Crippen LogP contribution in [0.15, 0.2) is 22.5 Å². The van der Waals surface area contributed by atoms with Crippen LogP contribution in [0.4, 0.5) is 0 Å². The molecule has 0 aliphatic carbocycles. The van der Waals surface area contributed by atoms with Gasteiger partial charge in [0.05, 0.1) is 12.3 Å². The first-order chi connectivity index (χ1) is 8.51. The van der Waals surface area contributed by atoms with Gasteiger partial charge in [-0.25, -0.2) is 13.4 Å². The molecule has 0 spiro atoms. The molecule has 1 aromatic rings. The Labute approximate surface area is 112 Å². The molecule has 2 N–H and O–H groups in total. The average Bonchev–Trinajstić information content (AvgIpc) is 2.77. The summed E-state index contributed by atoms with van der Waals surface area (Å²) < 4.78 is 22.0. The smallest absolute Gasteiger partial charge is 0.191 e. The minimum Gasteiger partial charge on any atom is -0.357 e. The number of sulfone groups is 1. The van der Waals surface area contributed by atoms with Gasteiger partial charge in [-0.1, -0.05) is 6.07 Å². The van der Waals surface area contributed by atoms with E-state index in [0.29, 0.717) is 19.0 Å². The van der Waals surface area contributed by atoms with Crippen molar-refractivity contribution in [2.75, 3.05) is 25.1 Å². The van der Waals surface area contributed by atoms with Crippen LogP contribution in [-0.2, 0) is 16.4 Å². The first-order valence-corrected chi connectivity index (χ1v) is 8.67. The molecule has 0 aliphatic heterocycles. The lowest BCUT2D eigenvalue weighted by molar-refractivity contribution is 0.600. The minimum absolute atomic E-state index is 0.108. The highest BCUT2D eigenvalue weighted by atomic mass is 32.2. The molecular formula is C11H19N3O2S2. The Morgan fingerprint density at radius 1 is 1.44 bits per heavy atom. The van der Waals surface area contributed by atoms with Gasteiger partial charge in [0, 0.05) is 24.2 Å². The highest BCUT2D eigenvalue weighted by Gasteiger charge is 2.03. The first-order valence-electron chi connectivity index (χ1n) is 5.73. The number of hydrogen-bond acceptors (Lipinski definition) is 4. The molecule has 7 heteroatoms. The van der Waals surface area contributed by atoms with Crippen LogP contribution in [0, 0.1) is 0 Å². The van der Waals surface area contributed by atoms with E-state index in [4.69, 9.17) is 0 Å². The Morgan fingerprint density at radius 3 is 2.78 bits per heavy atom. The molecule has 0 atom stereocenters. The van der Waals surface area contributed by atoms with Crippen LogP contribution in [0.5, 0.6) is 0 Å². The zero-order valence-electron chi connectivity index (χ0n) is 10.6. The first kappa shape index (κ1) is 15.0. The number of aliphatic imine (C=N–C) groups is 1. The third kappa shape index (κ3) is 6.61. The Hall–Kier alpha value is -1.08. The van der Waals surface area contributed by atoms with Gasteiger partial charge in [-0.15, -0.1) is 11.3 Å². The fourth-order valence-electron chi connectivity index (χ4n) is 1.26. The molecule has 0 saturated heterocycles. The summed E-state index contributed by atoms with van der Waals surface area (Å²) in [4.78, 5) is 5.56. The van der Waals surface area contributed by atoms with Gasteiger partial charge < -0.3 is 10.6 Å². The topological polar surface area (TPSA) is 70.6 Å². The molecular weight excluding hydrogens is 270 g/mol. The summed E-state index contributed by atoms with van der Waals surface area (Å²) >= 11 is 1.65. The second-order valence-corrected chi connectivity index (χ2v) is 7.12. The SMILES string of the molecule is CCNC(=NCc1cccs1)NCCS(C)(=O)=O. The van der Waals surface area contributed by atoms with E-state index in [9.17, 15) is 8.42 Å². The monoisotopic (exact) mass is 289 g/mol. The predicted molar refractivity (Wildman–Crippen MR) is 76.8 cm³/mol. The minimum atomic E-state index is -2.94. The third-order valence-electron chi connectivity index (χ3n) is 2.08. The van der Waals surface area contributed by atoms with Gasteiger partial charge in [0.1, 0.15) is 9.84 Å². The van der Waals surface area contributed by atoms with E-state index >= 15 is 0 Å². The maximum atomic E-state index is 11.0. The molecule has 102 valence electrons. The second kappa shape index (κ2) is 7.38. The second-order valence-electron chi connectivity index (χ2n) is 3.83. The number of rotatable bonds is 6. The van der Waals surface area contributed by atoms with E-state index in [-0.39, 0.29) is 5.75 Å². The van der Waals surface area contributed by atoms with Crippen LogP contribution < -0.4 is 10.6 Å². The Kier molecular flexibility index (Phi) is 6.14. The van der Waals surface area contributed by atoms with Crippen LogP contribution in [0.25, 0.3) is 0 Å². The number of guanidine groups is 1. The lowest BCUT2D eigenvalue weighted by Gasteiger charge is -2.10. The fourth-order valence-corrected chi connectivity index (χ4v) is 2.36. The normalized spacial score (nSPS) is 12.4. The van der Waals surface area contributed by atoms with Crippen molar-refractivity contribution in [3.63, 3.8) is 0 Å². The van der Waals surface area contributed by atoms with Gasteiger partial charge in [-0.3, -0.25) is 0 Å². The molecule has 0 radical (unpaired) electrons. The van der Waals surface area contributed by atoms with Crippen molar-refractivity contribution in [1.82, 2.24) is 10.6 Å². The lowest BCUT2D eigenvalue weighted by Crippen LogP contribution is -2.39. The summed E-state index contributed by atoms with van der Waals surface area (Å²) in [5, 5.41) is 8.09. The largest absolute Gasteiger partial charge is 0.357 e. The zero-order chi connectivity index (χ0) is 13.4. The van der Waals surface area contributed by atoms with Crippen molar-refractivity contribution in [3.05, 3.63) is 22.4 Å². The Bertz CT molecular complexity index is 466. The number of thiophene rings is 1. The summed E-state index contributed by atoms with van der Waals surface area (Å²) in [6.07, 6.45) is 1.23. The van der Waals surface area contributed by atoms with Gasteiger partial charge in [0.2, 0.25) is 0 Å². The van der Waals surface area contributed by atoms with Gasteiger partial charge in [0.25, 0.3) is 0 Å². The van der Waals surface area contributed by atoms with Crippen molar-refractivity contribution in [2.24, 2.45) is 4.99 Å². The van der Waals surface area contributed by atoms with E-state index in [1.54, 1.807) is 11.3 Å². The van der Waals surface area contributed by atoms with Gasteiger partial charge in [0.15, 0.2) is 5.96 Å². The molecule has 1 rings (SSSR count). The molecule has 1 heterocycles. The summed E-state index contributed by atoms with van der Waals surface area (Å²) in [7, 11) is -2.94. The number of nitrogens with zero attached hydrogens (tertiary/aromatic N) is 1. The molecule has 0 bridgehead atoms. The fraction of sp³-hybridized carbons (Fsp3) is 0.545. The lowest BCUT2D eigenvalue weighted by atomic mass is 10.5. The van der Waals surface area contributed by atoms with Crippen LogP contribution in [0.1, 0.15) is 11.8 Å². The number of nitrogens with one attached hydrogen (secondary N) is 2. The van der Waals surface area contributed by atoms with Crippen LogP contribution in [0.3, 0.4) is 0 Å². The molecule has 0 unspecified atom stereocenters. The van der Waals surface area contributed by atoms with Gasteiger partial charge in [-0.05, 0) is 18.4 Å². The van der Waals surface area contributed by atoms with Crippen molar-refractivity contribution >= 4 is 27.1 Å². The van der Waals surface area contributed by atoms with Crippen molar-refractivity contribution < 1.29 is 8.42 Å². The highest BCUT2D eigenvalue weighted by Crippen LogP contribution is 2.09. The maximum Gasteiger partial charge on any atom is 0.191 e. The summed E-state index contributed by atoms with van der Waals surface area (Å²) in [6, 6.07) is 4.01. The third-order valence-corrected chi connectivity index (χ3v) is 3.89. The van der Waals surface area contributed by atoms with E-state index in [1.165, 1.54) is 11.1 Å². The molecule has 0 aliphatic rings. The molecule has 1 aromatic heterocycles. The molecule has 0 saturated carbocycles. The van der Waals surface area contributed by atoms with E-state index in [1.807, 2.05) is 24.4 Å². The van der Waals surface area contributed by atoms with Crippen molar-refractivity contribution in [2.45, 2.75) is 13.5 Å². The van der Waals surface area contributed by atoms with Crippen molar-refractivity contribution in [3.8, 4) is 0 Å². The standard InChI is InChI=1S/C11H19N3O2S2/c1-3-12-11(13-6-8-18(2,15)16)14-9-10-5-4-7-17-10/h4-5,7H,3,6,8-9H2,1-2H3,(H2,12,13,14). The highest BCUT2D eigenvalue weighted by molar-refractivity contribution is 7.90. The van der Waals surface area contributed by atoms with Crippen molar-refractivity contribution in [1.29, 1.82) is 0 Å². The zero-order valence-corrected chi connectivity index (χ0v) is 12.3. The Balaban J connectivity index is 2.46. The molecule has 18 heavy (non-hydrogen) atoms. The van der Waals surface area contributed by atoms with E-state index in [2.05, 4.69) is 15.6 Å². The maximum absolute atomic E-state index is 11.0. The van der Waals surface area contributed by atoms with Gasteiger partial charge in [-0.2, -0.15) is 0 Å². The quantitative estimate of drug-likeness (QED) is 0.601. The molecule has 0 amide bonds. The van der Waals surface area contributed by atoms with Gasteiger partial charge >= 0.3 is 0 Å². The van der Waals surface area contributed by atoms with E-state index < -0.39 is 9.84 Å². The average molecular weight is 289 g/mol. The summed E-state index contributed by atoms with van der Waals surface area (Å²) in [5.74, 6) is 0.755. The van der Waals surface area contributed by atoms with Crippen LogP contribution in [0.2, 0.25) is 0 Å². The van der Waals surface area contributed by atoms with E-state index in [0.717, 1.165) is 6.54 Å². The number of hydrogen-bond donors (Lipinski definition) is 2. The summed E-state index contributed by atoms with van der Waals surface area (Å²) in [5.41, 5.74) is 0. The predicted octanol–water partition coefficient (Wildman–Crippen LogP) is 0.848.